The largest absolute Gasteiger partial charge is 0.495 e. The van der Waals surface area contributed by atoms with E-state index in [4.69, 9.17) is 9.47 Å². The molecule has 0 N–H and O–H groups in total. The molecule has 12 heteroatoms. The molecular weight excluding hydrogens is 418 g/mol. The van der Waals surface area contributed by atoms with E-state index in [0.29, 0.717) is 18.9 Å². The molecule has 1 aliphatic rings. The van der Waals surface area contributed by atoms with Crippen LogP contribution in [0.15, 0.2) is 35.4 Å². The summed E-state index contributed by atoms with van der Waals surface area (Å²) < 4.78 is 89.3. The summed E-state index contributed by atoms with van der Waals surface area (Å²) in [6.07, 6.45) is -3.72. The smallest absolute Gasteiger partial charge is 0.433 e. The molecule has 1 aromatic carbocycles. The zero-order valence-corrected chi connectivity index (χ0v) is 16.0. The molecule has 2 heterocycles. The van der Waals surface area contributed by atoms with Gasteiger partial charge in [0.05, 0.1) is 13.7 Å². The molecule has 2 aromatic rings. The number of hydrogen-bond acceptors (Lipinski definition) is 6. The quantitative estimate of drug-likeness (QED) is 0.672. The molecule has 1 atom stereocenters. The fraction of sp³-hybridized carbons (Fsp3) is 0.412. The molecule has 7 nitrogen and oxygen atoms in total. The van der Waals surface area contributed by atoms with E-state index in [-0.39, 0.29) is 23.7 Å². The Bertz CT molecular complexity index is 985. The van der Waals surface area contributed by atoms with Gasteiger partial charge in [0, 0.05) is 12.7 Å². The number of rotatable bonds is 5. The van der Waals surface area contributed by atoms with Crippen LogP contribution in [-0.4, -0.2) is 49.0 Å². The Morgan fingerprint density at radius 1 is 1.24 bits per heavy atom. The lowest BCUT2D eigenvalue weighted by Crippen LogP contribution is -2.44. The van der Waals surface area contributed by atoms with E-state index in [1.807, 2.05) is 0 Å². The lowest BCUT2D eigenvalue weighted by molar-refractivity contribution is -0.141. The number of ether oxygens (including phenoxy) is 2. The molecule has 1 aromatic heterocycles. The van der Waals surface area contributed by atoms with Crippen molar-refractivity contribution in [3.05, 3.63) is 42.0 Å². The summed E-state index contributed by atoms with van der Waals surface area (Å²) >= 11 is 0. The monoisotopic (exact) mass is 435 g/mol. The minimum Gasteiger partial charge on any atom is -0.495 e. The molecule has 0 saturated carbocycles. The minimum atomic E-state index is -4.66. The third kappa shape index (κ3) is 4.75. The fourth-order valence-electron chi connectivity index (χ4n) is 2.92. The van der Waals surface area contributed by atoms with Gasteiger partial charge in [-0.2, -0.15) is 22.5 Å². The third-order valence-electron chi connectivity index (χ3n) is 4.28. The Morgan fingerprint density at radius 2 is 2.00 bits per heavy atom. The maximum Gasteiger partial charge on any atom is 0.433 e. The first-order valence-corrected chi connectivity index (χ1v) is 9.96. The second-order valence-electron chi connectivity index (χ2n) is 6.26. The van der Waals surface area contributed by atoms with Crippen LogP contribution < -0.4 is 9.47 Å². The molecule has 29 heavy (non-hydrogen) atoms. The summed E-state index contributed by atoms with van der Waals surface area (Å²) in [4.78, 5) is 6.65. The fourth-order valence-corrected chi connectivity index (χ4v) is 4.59. The highest BCUT2D eigenvalue weighted by molar-refractivity contribution is 7.89. The molecule has 158 valence electrons. The molecule has 1 aliphatic heterocycles. The van der Waals surface area contributed by atoms with Crippen LogP contribution in [0, 0.1) is 5.82 Å². The van der Waals surface area contributed by atoms with Crippen LogP contribution in [0.3, 0.4) is 0 Å². The first-order chi connectivity index (χ1) is 13.6. The van der Waals surface area contributed by atoms with E-state index in [0.717, 1.165) is 22.6 Å². The van der Waals surface area contributed by atoms with Crippen molar-refractivity contribution in [3.63, 3.8) is 0 Å². The van der Waals surface area contributed by atoms with Gasteiger partial charge < -0.3 is 9.47 Å². The average molecular weight is 435 g/mol. The van der Waals surface area contributed by atoms with Crippen molar-refractivity contribution in [3.8, 4) is 11.8 Å². The van der Waals surface area contributed by atoms with Gasteiger partial charge in [0.25, 0.3) is 0 Å². The molecular formula is C17H17F4N3O4S. The van der Waals surface area contributed by atoms with Crippen LogP contribution in [-0.2, 0) is 16.2 Å². The summed E-state index contributed by atoms with van der Waals surface area (Å²) in [5.41, 5.74) is -1.16. The van der Waals surface area contributed by atoms with E-state index in [9.17, 15) is 26.0 Å². The van der Waals surface area contributed by atoms with Crippen LogP contribution in [0.1, 0.15) is 18.5 Å². The number of aromatic nitrogens is 2. The second kappa shape index (κ2) is 8.11. The van der Waals surface area contributed by atoms with Crippen molar-refractivity contribution in [1.82, 2.24) is 14.3 Å². The Kier molecular flexibility index (Phi) is 5.94. The van der Waals surface area contributed by atoms with Crippen LogP contribution in [0.2, 0.25) is 0 Å². The van der Waals surface area contributed by atoms with E-state index >= 15 is 0 Å². The van der Waals surface area contributed by atoms with E-state index in [1.54, 1.807) is 0 Å². The molecule has 0 aliphatic carbocycles. The summed E-state index contributed by atoms with van der Waals surface area (Å²) in [5, 5.41) is 0. The zero-order chi connectivity index (χ0) is 21.2. The summed E-state index contributed by atoms with van der Waals surface area (Å²) in [6, 6.07) is 3.35. The number of piperidine rings is 1. The topological polar surface area (TPSA) is 81.6 Å². The number of sulfonamides is 1. The lowest BCUT2D eigenvalue weighted by Gasteiger charge is -2.31. The van der Waals surface area contributed by atoms with Crippen molar-refractivity contribution in [2.75, 3.05) is 20.2 Å². The highest BCUT2D eigenvalue weighted by Crippen LogP contribution is 2.31. The number of methoxy groups -OCH3 is 1. The molecule has 0 spiro atoms. The molecule has 1 fully saturated rings. The SMILES string of the molecule is COc1ccc(F)cc1S(=O)(=O)N1CCCC(Oc2nccc(C(F)(F)F)n2)C1. The van der Waals surface area contributed by atoms with Gasteiger partial charge in [-0.05, 0) is 37.1 Å². The summed E-state index contributed by atoms with van der Waals surface area (Å²) in [7, 11) is -2.85. The van der Waals surface area contributed by atoms with E-state index in [2.05, 4.69) is 9.97 Å². The predicted molar refractivity (Wildman–Crippen MR) is 92.4 cm³/mol. The second-order valence-corrected chi connectivity index (χ2v) is 8.17. The van der Waals surface area contributed by atoms with Crippen molar-refractivity contribution >= 4 is 10.0 Å². The van der Waals surface area contributed by atoms with Gasteiger partial charge in [-0.3, -0.25) is 0 Å². The standard InChI is InChI=1S/C17H17F4N3O4S/c1-27-13-5-4-11(18)9-14(13)29(25,26)24-8-2-3-12(10-24)28-16-22-7-6-15(23-16)17(19,20)21/h4-7,9,12H,2-3,8,10H2,1H3. The van der Waals surface area contributed by atoms with E-state index < -0.39 is 39.8 Å². The van der Waals surface area contributed by atoms with Gasteiger partial charge in [0.1, 0.15) is 22.6 Å². The van der Waals surface area contributed by atoms with Gasteiger partial charge in [-0.1, -0.05) is 0 Å². The number of halogens is 4. The van der Waals surface area contributed by atoms with Crippen LogP contribution >= 0.6 is 0 Å². The molecule has 0 amide bonds. The minimum absolute atomic E-state index is 0.0179. The van der Waals surface area contributed by atoms with Gasteiger partial charge in [0.2, 0.25) is 10.0 Å². The Morgan fingerprint density at radius 3 is 2.69 bits per heavy atom. The third-order valence-corrected chi connectivity index (χ3v) is 6.17. The lowest BCUT2D eigenvalue weighted by atomic mass is 10.1. The zero-order valence-electron chi connectivity index (χ0n) is 15.2. The summed E-state index contributed by atoms with van der Waals surface area (Å²) in [5.74, 6) is -0.762. The Labute approximate surface area is 164 Å². The molecule has 1 unspecified atom stereocenters. The Balaban J connectivity index is 1.80. The highest BCUT2D eigenvalue weighted by Gasteiger charge is 2.35. The van der Waals surface area contributed by atoms with Crippen LogP contribution in [0.5, 0.6) is 11.8 Å². The average Bonchev–Trinajstić information content (AvgIpc) is 2.68. The molecule has 0 bridgehead atoms. The van der Waals surface area contributed by atoms with Crippen molar-refractivity contribution in [1.29, 1.82) is 0 Å². The van der Waals surface area contributed by atoms with Gasteiger partial charge >= 0.3 is 12.2 Å². The first kappa shape index (κ1) is 21.2. The number of hydrogen-bond donors (Lipinski definition) is 0. The molecule has 3 rings (SSSR count). The normalized spacial score (nSPS) is 18.4. The highest BCUT2D eigenvalue weighted by atomic mass is 32.2. The van der Waals surface area contributed by atoms with Gasteiger partial charge in [0.15, 0.2) is 5.69 Å². The number of nitrogens with zero attached hydrogens (tertiary/aromatic N) is 3. The van der Waals surface area contributed by atoms with E-state index in [1.165, 1.54) is 13.2 Å². The maximum atomic E-state index is 13.6. The molecule has 1 saturated heterocycles. The van der Waals surface area contributed by atoms with Gasteiger partial charge in [-0.15, -0.1) is 0 Å². The molecule has 0 radical (unpaired) electrons. The van der Waals surface area contributed by atoms with Crippen molar-refractivity contribution in [2.45, 2.75) is 30.0 Å². The summed E-state index contributed by atoms with van der Waals surface area (Å²) in [6.45, 7) is -0.00703. The number of alkyl halides is 3. The van der Waals surface area contributed by atoms with Crippen LogP contribution in [0.25, 0.3) is 0 Å². The van der Waals surface area contributed by atoms with Crippen LogP contribution in [0.4, 0.5) is 17.6 Å². The number of benzene rings is 1. The van der Waals surface area contributed by atoms with Gasteiger partial charge in [-0.25, -0.2) is 17.8 Å². The van der Waals surface area contributed by atoms with Crippen molar-refractivity contribution in [2.24, 2.45) is 0 Å². The maximum absolute atomic E-state index is 13.6. The Hall–Kier alpha value is -2.47. The first-order valence-electron chi connectivity index (χ1n) is 8.52. The predicted octanol–water partition coefficient (Wildman–Crippen LogP) is 2.88. The van der Waals surface area contributed by atoms with Crippen molar-refractivity contribution < 1.29 is 35.5 Å².